The molecule has 0 rings (SSSR count). The summed E-state index contributed by atoms with van der Waals surface area (Å²) < 4.78 is 16.9. The zero-order valence-corrected chi connectivity index (χ0v) is 51.2. The molecule has 0 aliphatic rings. The Morgan fingerprint density at radius 1 is 0.269 bits per heavy atom. The average molecular weight is 1080 g/mol. The van der Waals surface area contributed by atoms with Gasteiger partial charge in [-0.1, -0.05) is 304 Å². The van der Waals surface area contributed by atoms with E-state index in [0.717, 1.165) is 89.9 Å². The maximum atomic E-state index is 12.9. The first-order chi connectivity index (χ1) is 38.5. The summed E-state index contributed by atoms with van der Waals surface area (Å²) in [6.45, 7) is 6.48. The SMILES string of the molecule is CC/C=C\C/C=C\C/C=C\C/C=C\C/C=C\C/C=C\CCC(=O)OC(COC(=O)CCCCCCCCCCCC/C=C\C/C=C\C/C=C\CCCCCCC)COC(=O)CCCCCCCCCCCCCCCCCC. The summed E-state index contributed by atoms with van der Waals surface area (Å²) in [4.78, 5) is 38.3. The van der Waals surface area contributed by atoms with Crippen LogP contribution >= 0.6 is 0 Å². The fourth-order valence-corrected chi connectivity index (χ4v) is 9.12. The summed E-state index contributed by atoms with van der Waals surface area (Å²) in [6.07, 6.45) is 89.6. The van der Waals surface area contributed by atoms with E-state index < -0.39 is 12.1 Å². The second kappa shape index (κ2) is 65.6. The molecule has 6 heteroatoms. The van der Waals surface area contributed by atoms with Gasteiger partial charge in [0.1, 0.15) is 13.2 Å². The molecule has 0 aliphatic carbocycles. The molecule has 1 unspecified atom stereocenters. The van der Waals surface area contributed by atoms with Crippen LogP contribution < -0.4 is 0 Å². The molecule has 78 heavy (non-hydrogen) atoms. The van der Waals surface area contributed by atoms with Crippen LogP contribution in [0.25, 0.3) is 0 Å². The van der Waals surface area contributed by atoms with Gasteiger partial charge >= 0.3 is 17.9 Å². The van der Waals surface area contributed by atoms with Crippen molar-refractivity contribution in [1.82, 2.24) is 0 Å². The van der Waals surface area contributed by atoms with Crippen molar-refractivity contribution in [2.24, 2.45) is 0 Å². The minimum absolute atomic E-state index is 0.108. The molecule has 1 atom stereocenters. The quantitative estimate of drug-likeness (QED) is 0.0261. The minimum Gasteiger partial charge on any atom is -0.462 e. The van der Waals surface area contributed by atoms with Gasteiger partial charge in [-0.25, -0.2) is 0 Å². The molecule has 0 bridgehead atoms. The van der Waals surface area contributed by atoms with Crippen molar-refractivity contribution in [3.63, 3.8) is 0 Å². The van der Waals surface area contributed by atoms with E-state index in [1.165, 1.54) is 173 Å². The minimum atomic E-state index is -0.822. The maximum Gasteiger partial charge on any atom is 0.306 e. The Bertz CT molecular complexity index is 1570. The first-order valence-electron chi connectivity index (χ1n) is 32.9. The van der Waals surface area contributed by atoms with Crippen LogP contribution in [0.4, 0.5) is 0 Å². The highest BCUT2D eigenvalue weighted by atomic mass is 16.6. The number of ether oxygens (including phenoxy) is 3. The van der Waals surface area contributed by atoms with Gasteiger partial charge in [-0.15, -0.1) is 0 Å². The summed E-state index contributed by atoms with van der Waals surface area (Å²) in [5, 5.41) is 0. The highest BCUT2D eigenvalue weighted by Crippen LogP contribution is 2.16. The molecule has 0 fully saturated rings. The van der Waals surface area contributed by atoms with Gasteiger partial charge < -0.3 is 14.2 Å². The van der Waals surface area contributed by atoms with Crippen molar-refractivity contribution < 1.29 is 28.6 Å². The van der Waals surface area contributed by atoms with E-state index in [9.17, 15) is 14.4 Å². The molecule has 0 aromatic carbocycles. The lowest BCUT2D eigenvalue weighted by atomic mass is 10.0. The smallest absolute Gasteiger partial charge is 0.306 e. The lowest BCUT2D eigenvalue weighted by Crippen LogP contribution is -2.30. The van der Waals surface area contributed by atoms with E-state index in [2.05, 4.69) is 124 Å². The Morgan fingerprint density at radius 3 is 0.833 bits per heavy atom. The fourth-order valence-electron chi connectivity index (χ4n) is 9.12. The molecule has 0 spiro atoms. The van der Waals surface area contributed by atoms with E-state index >= 15 is 0 Å². The summed E-state index contributed by atoms with van der Waals surface area (Å²) in [5.74, 6) is -0.987. The van der Waals surface area contributed by atoms with Crippen molar-refractivity contribution in [3.8, 4) is 0 Å². The number of hydrogen-bond acceptors (Lipinski definition) is 6. The van der Waals surface area contributed by atoms with Crippen LogP contribution in [0.15, 0.2) is 109 Å². The van der Waals surface area contributed by atoms with Gasteiger partial charge in [-0.05, 0) is 96.3 Å². The molecule has 0 aromatic rings. The summed E-state index contributed by atoms with van der Waals surface area (Å²) in [7, 11) is 0. The van der Waals surface area contributed by atoms with Gasteiger partial charge in [0.05, 0.1) is 0 Å². The monoisotopic (exact) mass is 1080 g/mol. The molecule has 0 aliphatic heterocycles. The largest absolute Gasteiger partial charge is 0.462 e. The number of unbranched alkanes of at least 4 members (excludes halogenated alkanes) is 30. The van der Waals surface area contributed by atoms with Crippen LogP contribution in [0.5, 0.6) is 0 Å². The van der Waals surface area contributed by atoms with Crippen LogP contribution in [-0.2, 0) is 28.6 Å². The van der Waals surface area contributed by atoms with Crippen molar-refractivity contribution >= 4 is 17.9 Å². The van der Waals surface area contributed by atoms with Crippen LogP contribution in [0.3, 0.4) is 0 Å². The Morgan fingerprint density at radius 2 is 0.526 bits per heavy atom. The molecule has 0 N–H and O–H groups in total. The average Bonchev–Trinajstić information content (AvgIpc) is 3.44. The Hall–Kier alpha value is -3.93. The molecule has 0 aromatic heterocycles. The number of esters is 3. The van der Waals surface area contributed by atoms with Gasteiger partial charge in [0.15, 0.2) is 6.10 Å². The lowest BCUT2D eigenvalue weighted by Gasteiger charge is -2.18. The fraction of sp³-hybridized carbons (Fsp3) is 0.708. The number of allylic oxidation sites excluding steroid dienone is 18. The lowest BCUT2D eigenvalue weighted by molar-refractivity contribution is -0.166. The Kier molecular flexibility index (Phi) is 62.3. The van der Waals surface area contributed by atoms with E-state index in [1.807, 2.05) is 6.08 Å². The maximum absolute atomic E-state index is 12.9. The van der Waals surface area contributed by atoms with Crippen LogP contribution in [0.2, 0.25) is 0 Å². The van der Waals surface area contributed by atoms with Crippen LogP contribution in [-0.4, -0.2) is 37.2 Å². The standard InChI is InChI=1S/C72H122O6/c1-4-7-10-13-16-19-22-25-28-31-33-34-35-36-37-38-40-41-44-47-50-53-56-59-62-65-71(74)77-68-69(67-76-70(73)64-61-58-55-52-49-46-43-30-27-24-21-18-15-12-9-6-3)78-72(75)66-63-60-57-54-51-48-45-42-39-32-29-26-23-20-17-14-11-8-5-2/h8,11,17,20,22,25-26,29,31,33,35-36,39,42,48,51,57,60,69H,4-7,9-10,12-16,18-19,21,23-24,27-28,30,32,34,37-38,40-41,43-47,49-50,52-56,58-59,61-68H2,1-3H3/b11-8-,20-17-,25-22-,29-26-,33-31-,36-35-,42-39-,51-48-,60-57-. The molecular weight excluding hydrogens is 961 g/mol. The molecule has 0 radical (unpaired) electrons. The van der Waals surface area contributed by atoms with Gasteiger partial charge in [-0.2, -0.15) is 0 Å². The first-order valence-corrected chi connectivity index (χ1v) is 32.9. The predicted molar refractivity (Wildman–Crippen MR) is 339 cm³/mol. The number of rotatable bonds is 59. The van der Waals surface area contributed by atoms with E-state index in [0.29, 0.717) is 19.3 Å². The van der Waals surface area contributed by atoms with E-state index in [4.69, 9.17) is 14.2 Å². The van der Waals surface area contributed by atoms with Crippen molar-refractivity contribution in [3.05, 3.63) is 109 Å². The van der Waals surface area contributed by atoms with E-state index in [-0.39, 0.29) is 31.6 Å². The first kappa shape index (κ1) is 74.1. The molecule has 6 nitrogen and oxygen atoms in total. The molecule has 0 saturated carbocycles. The molecular formula is C72H122O6. The number of carbonyl (C=O) groups is 3. The van der Waals surface area contributed by atoms with Gasteiger partial charge in [0.25, 0.3) is 0 Å². The zero-order chi connectivity index (χ0) is 56.4. The molecule has 0 heterocycles. The third-order valence-electron chi connectivity index (χ3n) is 14.0. The summed E-state index contributed by atoms with van der Waals surface area (Å²) in [5.41, 5.74) is 0. The summed E-state index contributed by atoms with van der Waals surface area (Å²) >= 11 is 0. The van der Waals surface area contributed by atoms with Crippen LogP contribution in [0, 0.1) is 0 Å². The predicted octanol–water partition coefficient (Wildman–Crippen LogP) is 22.6. The third kappa shape index (κ3) is 62.9. The second-order valence-electron chi connectivity index (χ2n) is 21.6. The highest BCUT2D eigenvalue weighted by molar-refractivity contribution is 5.71. The Balaban J connectivity index is 4.44. The molecule has 0 saturated heterocycles. The van der Waals surface area contributed by atoms with Crippen molar-refractivity contribution in [2.45, 2.75) is 316 Å². The Labute approximate surface area is 482 Å². The van der Waals surface area contributed by atoms with Crippen LogP contribution in [0.1, 0.15) is 310 Å². The van der Waals surface area contributed by atoms with Gasteiger partial charge in [0, 0.05) is 19.3 Å². The highest BCUT2D eigenvalue weighted by Gasteiger charge is 2.19. The van der Waals surface area contributed by atoms with Crippen molar-refractivity contribution in [2.75, 3.05) is 13.2 Å². The zero-order valence-electron chi connectivity index (χ0n) is 51.2. The molecule has 446 valence electrons. The second-order valence-corrected chi connectivity index (χ2v) is 21.6. The number of carbonyl (C=O) groups excluding carboxylic acids is 3. The van der Waals surface area contributed by atoms with Gasteiger partial charge in [-0.3, -0.25) is 14.4 Å². The molecule has 0 amide bonds. The summed E-state index contributed by atoms with van der Waals surface area (Å²) in [6, 6.07) is 0. The topological polar surface area (TPSA) is 78.9 Å². The van der Waals surface area contributed by atoms with Crippen molar-refractivity contribution in [1.29, 1.82) is 0 Å². The third-order valence-corrected chi connectivity index (χ3v) is 14.0. The number of hydrogen-bond donors (Lipinski definition) is 0. The van der Waals surface area contributed by atoms with Gasteiger partial charge in [0.2, 0.25) is 0 Å². The van der Waals surface area contributed by atoms with E-state index in [1.54, 1.807) is 0 Å². The normalized spacial score (nSPS) is 12.8.